The molecule has 2 fully saturated rings. The summed E-state index contributed by atoms with van der Waals surface area (Å²) in [6, 6.07) is 4.09. The van der Waals surface area contributed by atoms with Crippen LogP contribution in [0.3, 0.4) is 0 Å². The number of aryl methyl sites for hydroxylation is 1. The van der Waals surface area contributed by atoms with E-state index in [0.29, 0.717) is 0 Å². The maximum Gasteiger partial charge on any atom is 0.490 e. The van der Waals surface area contributed by atoms with E-state index in [1.807, 2.05) is 13.0 Å². The molecule has 1 spiro atoms. The zero-order valence-corrected chi connectivity index (χ0v) is 16.2. The Kier molecular flexibility index (Phi) is 7.14. The minimum Gasteiger partial charge on any atom is -0.475 e. The number of piperidine rings is 2. The van der Waals surface area contributed by atoms with Crippen LogP contribution in [0.15, 0.2) is 16.5 Å². The van der Waals surface area contributed by atoms with Crippen LogP contribution in [0.25, 0.3) is 0 Å². The van der Waals surface area contributed by atoms with Gasteiger partial charge in [0.2, 0.25) is 5.91 Å². The number of amides is 1. The second-order valence-electron chi connectivity index (χ2n) is 7.48. The highest BCUT2D eigenvalue weighted by molar-refractivity contribution is 5.74. The number of carbonyl (C=O) groups is 2. The molecule has 0 saturated carbocycles. The van der Waals surface area contributed by atoms with Crippen LogP contribution in [0.5, 0.6) is 0 Å². The summed E-state index contributed by atoms with van der Waals surface area (Å²) in [4.78, 5) is 25.5. The van der Waals surface area contributed by atoms with Crippen molar-refractivity contribution in [1.29, 1.82) is 0 Å². The summed E-state index contributed by atoms with van der Waals surface area (Å²) in [5.41, 5.74) is 0.0734. The number of rotatable bonds is 2. The van der Waals surface area contributed by atoms with E-state index < -0.39 is 12.1 Å². The van der Waals surface area contributed by atoms with E-state index in [4.69, 9.17) is 14.3 Å². The van der Waals surface area contributed by atoms with Gasteiger partial charge in [0, 0.05) is 20.0 Å². The molecule has 1 amide bonds. The molecule has 2 saturated heterocycles. The molecule has 1 unspecified atom stereocenters. The first kappa shape index (κ1) is 22.3. The molecule has 0 radical (unpaired) electrons. The summed E-state index contributed by atoms with van der Waals surface area (Å²) >= 11 is 0. The van der Waals surface area contributed by atoms with Crippen molar-refractivity contribution in [2.75, 3.05) is 19.6 Å². The maximum atomic E-state index is 12.0. The number of carboxylic acids is 1. The van der Waals surface area contributed by atoms with Gasteiger partial charge in [-0.15, -0.1) is 0 Å². The minimum absolute atomic E-state index is 0.0734. The van der Waals surface area contributed by atoms with Crippen molar-refractivity contribution >= 4 is 11.9 Å². The van der Waals surface area contributed by atoms with Crippen molar-refractivity contribution in [3.63, 3.8) is 0 Å². The minimum atomic E-state index is -5.08. The molecule has 0 aliphatic carbocycles. The summed E-state index contributed by atoms with van der Waals surface area (Å²) in [6.45, 7) is 7.60. The van der Waals surface area contributed by atoms with E-state index in [-0.39, 0.29) is 11.4 Å². The average molecular weight is 404 g/mol. The number of carboxylic acid groups (broad SMARTS) is 1. The van der Waals surface area contributed by atoms with E-state index in [1.165, 1.54) is 12.8 Å². The highest BCUT2D eigenvalue weighted by atomic mass is 19.4. The Morgan fingerprint density at radius 1 is 1.18 bits per heavy atom. The smallest absolute Gasteiger partial charge is 0.475 e. The molecular formula is C19H27F3N2O4. The van der Waals surface area contributed by atoms with Gasteiger partial charge in [-0.2, -0.15) is 13.2 Å². The van der Waals surface area contributed by atoms with Crippen LogP contribution in [-0.4, -0.2) is 58.1 Å². The number of hydrogen-bond acceptors (Lipinski definition) is 4. The van der Waals surface area contributed by atoms with Gasteiger partial charge in [0.1, 0.15) is 11.5 Å². The van der Waals surface area contributed by atoms with E-state index in [9.17, 15) is 18.0 Å². The van der Waals surface area contributed by atoms with Gasteiger partial charge in [-0.1, -0.05) is 0 Å². The third-order valence-electron chi connectivity index (χ3n) is 5.28. The molecule has 1 aromatic heterocycles. The highest BCUT2D eigenvalue weighted by Crippen LogP contribution is 2.36. The average Bonchev–Trinajstić information content (AvgIpc) is 2.99. The van der Waals surface area contributed by atoms with Crippen LogP contribution < -0.4 is 0 Å². The number of aliphatic carboxylic acids is 1. The van der Waals surface area contributed by atoms with Crippen molar-refractivity contribution in [3.05, 3.63) is 23.7 Å². The largest absolute Gasteiger partial charge is 0.490 e. The van der Waals surface area contributed by atoms with Gasteiger partial charge in [0.15, 0.2) is 0 Å². The normalized spacial score (nSPS) is 23.2. The van der Waals surface area contributed by atoms with Gasteiger partial charge < -0.3 is 14.4 Å². The monoisotopic (exact) mass is 404 g/mol. The summed E-state index contributed by atoms with van der Waals surface area (Å²) in [6.07, 6.45) is 0.792. The van der Waals surface area contributed by atoms with E-state index in [0.717, 1.165) is 57.0 Å². The number of likely N-dealkylation sites (tertiary alicyclic amines) is 2. The number of nitrogens with zero attached hydrogens (tertiary/aromatic N) is 2. The molecule has 0 bridgehead atoms. The molecule has 28 heavy (non-hydrogen) atoms. The fraction of sp³-hybridized carbons (Fsp3) is 0.684. The zero-order valence-electron chi connectivity index (χ0n) is 16.2. The lowest BCUT2D eigenvalue weighted by Crippen LogP contribution is -2.61. The molecule has 3 heterocycles. The lowest BCUT2D eigenvalue weighted by Gasteiger charge is -2.52. The Hall–Kier alpha value is -2.03. The van der Waals surface area contributed by atoms with Crippen molar-refractivity contribution in [3.8, 4) is 0 Å². The predicted molar refractivity (Wildman–Crippen MR) is 95.6 cm³/mol. The van der Waals surface area contributed by atoms with Crippen LogP contribution in [0.1, 0.15) is 50.5 Å². The van der Waals surface area contributed by atoms with Crippen molar-refractivity contribution in [1.82, 2.24) is 9.80 Å². The third kappa shape index (κ3) is 5.73. The molecule has 2 aliphatic rings. The van der Waals surface area contributed by atoms with Crippen LogP contribution >= 0.6 is 0 Å². The molecule has 2 aliphatic heterocycles. The lowest BCUT2D eigenvalue weighted by molar-refractivity contribution is -0.192. The number of hydrogen-bond donors (Lipinski definition) is 1. The summed E-state index contributed by atoms with van der Waals surface area (Å²) in [5.74, 6) is -0.507. The van der Waals surface area contributed by atoms with Gasteiger partial charge in [0.25, 0.3) is 0 Å². The Morgan fingerprint density at radius 2 is 1.82 bits per heavy atom. The first-order chi connectivity index (χ1) is 13.0. The summed E-state index contributed by atoms with van der Waals surface area (Å²) < 4.78 is 37.5. The van der Waals surface area contributed by atoms with E-state index in [1.54, 1.807) is 6.92 Å². The lowest BCUT2D eigenvalue weighted by atomic mass is 9.79. The third-order valence-corrected chi connectivity index (χ3v) is 5.28. The molecular weight excluding hydrogens is 377 g/mol. The van der Waals surface area contributed by atoms with Crippen LogP contribution in [-0.2, 0) is 16.1 Å². The molecule has 9 heteroatoms. The number of carbonyl (C=O) groups excluding carboxylic acids is 1. The molecule has 6 nitrogen and oxygen atoms in total. The zero-order chi connectivity index (χ0) is 20.9. The molecule has 3 rings (SSSR count). The second kappa shape index (κ2) is 8.98. The Morgan fingerprint density at radius 3 is 2.36 bits per heavy atom. The summed E-state index contributed by atoms with van der Waals surface area (Å²) in [7, 11) is 0. The Bertz CT molecular complexity index is 685. The van der Waals surface area contributed by atoms with Crippen LogP contribution in [0.4, 0.5) is 13.2 Å². The Labute approximate surface area is 162 Å². The fourth-order valence-electron chi connectivity index (χ4n) is 4.14. The number of furan rings is 1. The quantitative estimate of drug-likeness (QED) is 0.816. The van der Waals surface area contributed by atoms with Crippen molar-refractivity contribution in [2.45, 2.75) is 64.2 Å². The number of alkyl halides is 3. The van der Waals surface area contributed by atoms with E-state index in [2.05, 4.69) is 15.9 Å². The highest BCUT2D eigenvalue weighted by Gasteiger charge is 2.43. The molecule has 1 aromatic rings. The SMILES string of the molecule is CC(=O)N1CCCCC12CCCN(Cc1ccc(C)o1)C2.O=C(O)C(F)(F)F. The Balaban J connectivity index is 0.000000345. The van der Waals surface area contributed by atoms with Crippen molar-refractivity contribution in [2.24, 2.45) is 0 Å². The first-order valence-electron chi connectivity index (χ1n) is 9.39. The first-order valence-corrected chi connectivity index (χ1v) is 9.39. The van der Waals surface area contributed by atoms with Gasteiger partial charge in [-0.05, 0) is 57.7 Å². The molecule has 1 N–H and O–H groups in total. The second-order valence-corrected chi connectivity index (χ2v) is 7.48. The molecule has 1 atom stereocenters. The van der Waals surface area contributed by atoms with Gasteiger partial charge in [0.05, 0.1) is 12.1 Å². The topological polar surface area (TPSA) is 74.0 Å². The fourth-order valence-corrected chi connectivity index (χ4v) is 4.14. The maximum absolute atomic E-state index is 12.0. The van der Waals surface area contributed by atoms with Crippen LogP contribution in [0, 0.1) is 6.92 Å². The summed E-state index contributed by atoms with van der Waals surface area (Å²) in [5, 5.41) is 7.12. The molecule has 0 aromatic carbocycles. The van der Waals surface area contributed by atoms with Gasteiger partial charge in [-0.3, -0.25) is 9.69 Å². The van der Waals surface area contributed by atoms with E-state index >= 15 is 0 Å². The van der Waals surface area contributed by atoms with Gasteiger partial charge >= 0.3 is 12.1 Å². The molecule has 158 valence electrons. The standard InChI is InChI=1S/C17H26N2O2.C2HF3O2/c1-14-6-7-16(21-14)12-18-10-5-9-17(13-18)8-3-4-11-19(17)15(2)20;3-2(4,5)1(6)7/h6-7H,3-5,8-13H2,1-2H3;(H,6,7). The predicted octanol–water partition coefficient (Wildman–Crippen LogP) is 3.59. The van der Waals surface area contributed by atoms with Crippen molar-refractivity contribution < 1.29 is 32.3 Å². The van der Waals surface area contributed by atoms with Gasteiger partial charge in [-0.25, -0.2) is 4.79 Å². The van der Waals surface area contributed by atoms with Crippen LogP contribution in [0.2, 0.25) is 0 Å². The number of halogens is 3.